The molecular weight excluding hydrogens is 503 g/mol. The van der Waals surface area contributed by atoms with Gasteiger partial charge in [-0.05, 0) is 65.3 Å². The first-order chi connectivity index (χ1) is 18.2. The van der Waals surface area contributed by atoms with Crippen LogP contribution in [0.4, 0.5) is 14.0 Å². The molecule has 0 aliphatic carbocycles. The number of carbonyl (C=O) groups excluding carboxylic acids is 3. The Balaban J connectivity index is 1.81. The van der Waals surface area contributed by atoms with Gasteiger partial charge >= 0.3 is 12.2 Å². The number of carbonyl (C=O) groups is 3. The van der Waals surface area contributed by atoms with Crippen molar-refractivity contribution in [3.63, 3.8) is 0 Å². The topological polar surface area (TPSA) is 96.7 Å². The minimum Gasteiger partial charge on any atom is -0.443 e. The number of halogens is 1. The third-order valence-corrected chi connectivity index (χ3v) is 5.38. The molecule has 4 rings (SSSR count). The average molecular weight is 533 g/mol. The van der Waals surface area contributed by atoms with Gasteiger partial charge in [-0.15, -0.1) is 0 Å². The summed E-state index contributed by atoms with van der Waals surface area (Å²) in [7, 11) is 0. The van der Waals surface area contributed by atoms with Crippen molar-refractivity contribution in [3.05, 3.63) is 83.9 Å². The van der Waals surface area contributed by atoms with E-state index in [9.17, 15) is 14.4 Å². The molecule has 2 aromatic carbocycles. The summed E-state index contributed by atoms with van der Waals surface area (Å²) in [5, 5.41) is 0.324. The highest BCUT2D eigenvalue weighted by atomic mass is 19.1. The lowest BCUT2D eigenvalue weighted by Gasteiger charge is -2.19. The molecule has 0 aliphatic rings. The van der Waals surface area contributed by atoms with Crippen molar-refractivity contribution in [1.29, 1.82) is 0 Å². The van der Waals surface area contributed by atoms with Gasteiger partial charge in [0.2, 0.25) is 0 Å². The van der Waals surface area contributed by atoms with E-state index >= 15 is 4.39 Å². The van der Waals surface area contributed by atoms with E-state index in [0.717, 1.165) is 10.1 Å². The van der Waals surface area contributed by atoms with Gasteiger partial charge in [0, 0.05) is 23.3 Å². The van der Waals surface area contributed by atoms with Gasteiger partial charge in [-0.2, -0.15) is 0 Å². The first kappa shape index (κ1) is 27.5. The summed E-state index contributed by atoms with van der Waals surface area (Å²) in [6.07, 6.45) is 1.02. The fraction of sp³-hybridized carbons (Fsp3) is 0.267. The molecule has 4 aromatic rings. The maximum atomic E-state index is 15.5. The lowest BCUT2D eigenvalue weighted by atomic mass is 10.0. The highest BCUT2D eigenvalue weighted by molar-refractivity contribution is 6.17. The first-order valence-electron chi connectivity index (χ1n) is 12.3. The number of hydrogen-bond acceptors (Lipinski definition) is 7. The van der Waals surface area contributed by atoms with Crippen LogP contribution in [0.1, 0.15) is 57.5 Å². The molecular formula is C30H29FN2O6. The molecule has 0 bridgehead atoms. The maximum absolute atomic E-state index is 15.5. The number of pyridine rings is 1. The smallest absolute Gasteiger partial charge is 0.443 e. The number of nitrogens with zero attached hydrogens (tertiary/aromatic N) is 2. The number of ether oxygens (including phenoxy) is 3. The summed E-state index contributed by atoms with van der Waals surface area (Å²) in [5.74, 6) is -2.24. The molecule has 2 aromatic heterocycles. The fourth-order valence-electron chi connectivity index (χ4n) is 3.80. The van der Waals surface area contributed by atoms with E-state index in [1.165, 1.54) is 24.4 Å². The molecule has 2 heterocycles. The Morgan fingerprint density at radius 3 is 2.13 bits per heavy atom. The van der Waals surface area contributed by atoms with Crippen molar-refractivity contribution >= 4 is 29.1 Å². The predicted molar refractivity (Wildman–Crippen MR) is 143 cm³/mol. The Kier molecular flexibility index (Phi) is 7.28. The lowest BCUT2D eigenvalue weighted by molar-refractivity contribution is 0.0197. The van der Waals surface area contributed by atoms with Crippen molar-refractivity contribution in [1.82, 2.24) is 9.55 Å². The quantitative estimate of drug-likeness (QED) is 0.156. The van der Waals surface area contributed by atoms with E-state index in [1.807, 2.05) is 30.3 Å². The van der Waals surface area contributed by atoms with Gasteiger partial charge in [0.05, 0.1) is 11.1 Å². The van der Waals surface area contributed by atoms with E-state index in [2.05, 4.69) is 4.98 Å². The Bertz CT molecular complexity index is 1560. The monoisotopic (exact) mass is 532 g/mol. The summed E-state index contributed by atoms with van der Waals surface area (Å²) in [5.41, 5.74) is -0.279. The highest BCUT2D eigenvalue weighted by Crippen LogP contribution is 2.31. The zero-order chi connectivity index (χ0) is 28.5. The van der Waals surface area contributed by atoms with Gasteiger partial charge in [0.25, 0.3) is 0 Å². The van der Waals surface area contributed by atoms with E-state index in [-0.39, 0.29) is 16.8 Å². The molecule has 0 saturated heterocycles. The van der Waals surface area contributed by atoms with Gasteiger partial charge in [-0.3, -0.25) is 4.79 Å². The maximum Gasteiger partial charge on any atom is 0.514 e. The molecule has 0 spiro atoms. The molecule has 0 saturated carbocycles. The summed E-state index contributed by atoms with van der Waals surface area (Å²) < 4.78 is 32.2. The summed E-state index contributed by atoms with van der Waals surface area (Å²) in [6.45, 7) is 10.1. The third kappa shape index (κ3) is 6.31. The number of benzene rings is 2. The Morgan fingerprint density at radius 2 is 1.49 bits per heavy atom. The SMILES string of the molecule is CC(C)(C)OC(=O)Oc1cccc(C(=O)c2cn(C(=O)OC(C)(C)C)c3ncc(-c4ccccc4)cc23)c1F. The molecule has 202 valence electrons. The van der Waals surface area contributed by atoms with Gasteiger partial charge in [-0.1, -0.05) is 36.4 Å². The Hall–Kier alpha value is -4.53. The van der Waals surface area contributed by atoms with Crippen LogP contribution >= 0.6 is 0 Å². The van der Waals surface area contributed by atoms with Crippen LogP contribution < -0.4 is 4.74 Å². The molecule has 0 radical (unpaired) electrons. The van der Waals surface area contributed by atoms with Crippen LogP contribution in [0, 0.1) is 5.82 Å². The number of ketones is 1. The van der Waals surface area contributed by atoms with Crippen LogP contribution in [0.25, 0.3) is 22.2 Å². The molecule has 0 atom stereocenters. The molecule has 0 aliphatic heterocycles. The molecule has 0 unspecified atom stereocenters. The Labute approximate surface area is 225 Å². The van der Waals surface area contributed by atoms with Crippen LogP contribution in [0.5, 0.6) is 5.75 Å². The molecule has 39 heavy (non-hydrogen) atoms. The van der Waals surface area contributed by atoms with Crippen molar-refractivity contribution in [2.75, 3.05) is 0 Å². The minimum absolute atomic E-state index is 0.0226. The summed E-state index contributed by atoms with van der Waals surface area (Å²) in [4.78, 5) is 43.3. The van der Waals surface area contributed by atoms with E-state index in [0.29, 0.717) is 10.9 Å². The molecule has 0 fully saturated rings. The predicted octanol–water partition coefficient (Wildman–Crippen LogP) is 7.17. The second kappa shape index (κ2) is 10.3. The van der Waals surface area contributed by atoms with E-state index < -0.39 is 40.8 Å². The van der Waals surface area contributed by atoms with Gasteiger partial charge in [0.15, 0.2) is 17.3 Å². The molecule has 9 heteroatoms. The van der Waals surface area contributed by atoms with Crippen LogP contribution in [-0.4, -0.2) is 38.8 Å². The van der Waals surface area contributed by atoms with Crippen LogP contribution in [0.3, 0.4) is 0 Å². The normalized spacial score (nSPS) is 11.8. The Morgan fingerprint density at radius 1 is 0.821 bits per heavy atom. The minimum atomic E-state index is -1.11. The number of aromatic nitrogens is 2. The molecule has 0 amide bonds. The summed E-state index contributed by atoms with van der Waals surface area (Å²) in [6, 6.07) is 14.9. The fourth-order valence-corrected chi connectivity index (χ4v) is 3.80. The zero-order valence-electron chi connectivity index (χ0n) is 22.6. The average Bonchev–Trinajstić information content (AvgIpc) is 3.22. The van der Waals surface area contributed by atoms with Gasteiger partial charge in [0.1, 0.15) is 16.8 Å². The summed E-state index contributed by atoms with van der Waals surface area (Å²) >= 11 is 0. The van der Waals surface area contributed by atoms with Crippen LogP contribution in [0.15, 0.2) is 67.0 Å². The van der Waals surface area contributed by atoms with Crippen molar-refractivity contribution < 1.29 is 33.0 Å². The van der Waals surface area contributed by atoms with Crippen molar-refractivity contribution in [3.8, 4) is 16.9 Å². The van der Waals surface area contributed by atoms with E-state index in [4.69, 9.17) is 14.2 Å². The van der Waals surface area contributed by atoms with Crippen molar-refractivity contribution in [2.45, 2.75) is 52.7 Å². The van der Waals surface area contributed by atoms with Gasteiger partial charge in [-0.25, -0.2) is 23.5 Å². The van der Waals surface area contributed by atoms with E-state index in [1.54, 1.807) is 53.8 Å². The second-order valence-electron chi connectivity index (χ2n) is 10.9. The number of fused-ring (bicyclic) bond motifs is 1. The largest absolute Gasteiger partial charge is 0.514 e. The number of rotatable bonds is 4. The third-order valence-electron chi connectivity index (χ3n) is 5.38. The van der Waals surface area contributed by atoms with Crippen LogP contribution in [-0.2, 0) is 9.47 Å². The molecule has 0 N–H and O–H groups in total. The second-order valence-corrected chi connectivity index (χ2v) is 10.9. The zero-order valence-corrected chi connectivity index (χ0v) is 22.6. The van der Waals surface area contributed by atoms with Gasteiger partial charge < -0.3 is 14.2 Å². The van der Waals surface area contributed by atoms with Crippen LogP contribution in [0.2, 0.25) is 0 Å². The van der Waals surface area contributed by atoms with Crippen molar-refractivity contribution in [2.24, 2.45) is 0 Å². The lowest BCUT2D eigenvalue weighted by Crippen LogP contribution is -2.27. The molecule has 8 nitrogen and oxygen atoms in total. The standard InChI is InChI=1S/C30H29FN2O6/c1-29(2,3)38-27(35)33-17-22(21-15-19(16-32-26(21)33)18-11-8-7-9-12-18)25(34)20-13-10-14-23(24(20)31)37-28(36)39-30(4,5)6/h7-17H,1-6H3. The highest BCUT2D eigenvalue weighted by Gasteiger charge is 2.27. The first-order valence-corrected chi connectivity index (χ1v) is 12.3. The number of hydrogen-bond donors (Lipinski definition) is 0.